The summed E-state index contributed by atoms with van der Waals surface area (Å²) in [5, 5.41) is 11.0. The Morgan fingerprint density at radius 1 is 0.941 bits per heavy atom. The van der Waals surface area contributed by atoms with Gasteiger partial charge in [-0.3, -0.25) is 19.8 Å². The number of rotatable bonds is 11. The lowest BCUT2D eigenvalue weighted by Gasteiger charge is -2.34. The highest BCUT2D eigenvalue weighted by molar-refractivity contribution is 5.85. The number of carbonyl (C=O) groups is 1. The topological polar surface area (TPSA) is 85.2 Å². The number of benzene rings is 2. The molecule has 34 heavy (non-hydrogen) atoms. The van der Waals surface area contributed by atoms with Gasteiger partial charge in [0, 0.05) is 51.4 Å². The predicted molar refractivity (Wildman–Crippen MR) is 136 cm³/mol. The lowest BCUT2D eigenvalue weighted by Crippen LogP contribution is -2.47. The quantitative estimate of drug-likeness (QED) is 0.253. The number of nitro benzene ring substituents is 1. The van der Waals surface area contributed by atoms with Crippen LogP contribution in [-0.4, -0.2) is 73.2 Å². The van der Waals surface area contributed by atoms with Crippen LogP contribution in [-0.2, 0) is 14.3 Å². The molecule has 0 spiro atoms. The van der Waals surface area contributed by atoms with Crippen molar-refractivity contribution < 1.29 is 19.2 Å². The normalized spacial score (nSPS) is 15.0. The second-order valence-electron chi connectivity index (χ2n) is 7.75. The maximum Gasteiger partial charge on any atom is 0.307 e. The molecule has 1 saturated heterocycles. The summed E-state index contributed by atoms with van der Waals surface area (Å²) in [4.78, 5) is 26.8. The first-order valence-corrected chi connectivity index (χ1v) is 11.1. The Morgan fingerprint density at radius 3 is 2.06 bits per heavy atom. The van der Waals surface area contributed by atoms with Gasteiger partial charge >= 0.3 is 5.97 Å². The van der Waals surface area contributed by atoms with Gasteiger partial charge in [-0.15, -0.1) is 24.8 Å². The highest BCUT2D eigenvalue weighted by Crippen LogP contribution is 2.27. The fraction of sp³-hybridized carbons (Fsp3) is 0.458. The third-order valence-corrected chi connectivity index (χ3v) is 5.60. The van der Waals surface area contributed by atoms with Crippen molar-refractivity contribution in [2.24, 2.45) is 0 Å². The van der Waals surface area contributed by atoms with E-state index in [1.807, 2.05) is 37.3 Å². The summed E-state index contributed by atoms with van der Waals surface area (Å²) < 4.78 is 11.3. The summed E-state index contributed by atoms with van der Waals surface area (Å²) in [5.41, 5.74) is 1.98. The molecule has 0 N–H and O–H groups in total. The van der Waals surface area contributed by atoms with Crippen molar-refractivity contribution in [2.45, 2.75) is 19.4 Å². The molecule has 0 aromatic heterocycles. The second kappa shape index (κ2) is 15.6. The molecule has 0 bridgehead atoms. The van der Waals surface area contributed by atoms with Gasteiger partial charge in [0.05, 0.1) is 24.6 Å². The Bertz CT molecular complexity index is 863. The van der Waals surface area contributed by atoms with Gasteiger partial charge in [0.1, 0.15) is 6.10 Å². The standard InChI is InChI=1S/C24H31N3O5.2ClH/c1-2-31-23(28)12-13-25-14-16-26(17-15-25)18-19-32-24(20-6-4-3-5-7-20)21-8-10-22(11-9-21)27(29)30;;/h3-11,24H,2,12-19H2,1H3;2*1H. The predicted octanol–water partition coefficient (Wildman–Crippen LogP) is 4.12. The zero-order valence-corrected chi connectivity index (χ0v) is 21.0. The minimum Gasteiger partial charge on any atom is -0.466 e. The van der Waals surface area contributed by atoms with Crippen molar-refractivity contribution in [1.82, 2.24) is 9.80 Å². The molecule has 0 aliphatic carbocycles. The summed E-state index contributed by atoms with van der Waals surface area (Å²) in [6, 6.07) is 16.5. The molecule has 8 nitrogen and oxygen atoms in total. The van der Waals surface area contributed by atoms with Gasteiger partial charge in [0.2, 0.25) is 0 Å². The third-order valence-electron chi connectivity index (χ3n) is 5.60. The van der Waals surface area contributed by atoms with E-state index in [-0.39, 0.29) is 42.6 Å². The van der Waals surface area contributed by atoms with E-state index in [9.17, 15) is 14.9 Å². The van der Waals surface area contributed by atoms with Crippen LogP contribution in [0.25, 0.3) is 0 Å². The average molecular weight is 514 g/mol. The monoisotopic (exact) mass is 513 g/mol. The summed E-state index contributed by atoms with van der Waals surface area (Å²) >= 11 is 0. The maximum atomic E-state index is 11.5. The van der Waals surface area contributed by atoms with E-state index in [4.69, 9.17) is 9.47 Å². The minimum atomic E-state index is -0.394. The molecule has 3 rings (SSSR count). The van der Waals surface area contributed by atoms with Gasteiger partial charge in [0.25, 0.3) is 5.69 Å². The van der Waals surface area contributed by atoms with Crippen molar-refractivity contribution in [1.29, 1.82) is 0 Å². The van der Waals surface area contributed by atoms with Crippen LogP contribution in [0.1, 0.15) is 30.6 Å². The minimum absolute atomic E-state index is 0. The second-order valence-corrected chi connectivity index (χ2v) is 7.75. The lowest BCUT2D eigenvalue weighted by molar-refractivity contribution is -0.384. The van der Waals surface area contributed by atoms with E-state index in [1.54, 1.807) is 12.1 Å². The molecule has 2 aromatic carbocycles. The number of non-ortho nitro benzene ring substituents is 1. The van der Waals surface area contributed by atoms with Crippen molar-refractivity contribution in [3.05, 3.63) is 75.8 Å². The summed E-state index contributed by atoms with van der Waals surface area (Å²) in [6.45, 7) is 8.05. The molecule has 1 heterocycles. The largest absolute Gasteiger partial charge is 0.466 e. The van der Waals surface area contributed by atoms with E-state index in [0.29, 0.717) is 19.6 Å². The van der Waals surface area contributed by atoms with Gasteiger partial charge in [-0.1, -0.05) is 30.3 Å². The number of hydrogen-bond donors (Lipinski definition) is 0. The van der Waals surface area contributed by atoms with Gasteiger partial charge in [-0.05, 0) is 30.2 Å². The van der Waals surface area contributed by atoms with Crippen molar-refractivity contribution in [3.8, 4) is 0 Å². The van der Waals surface area contributed by atoms with Crippen LogP contribution < -0.4 is 0 Å². The van der Waals surface area contributed by atoms with E-state index in [0.717, 1.165) is 50.4 Å². The van der Waals surface area contributed by atoms with Crippen molar-refractivity contribution in [2.75, 3.05) is 52.5 Å². The van der Waals surface area contributed by atoms with E-state index in [1.165, 1.54) is 12.1 Å². The molecule has 0 radical (unpaired) electrons. The fourth-order valence-corrected chi connectivity index (χ4v) is 3.80. The smallest absolute Gasteiger partial charge is 0.307 e. The van der Waals surface area contributed by atoms with Crippen LogP contribution in [0.15, 0.2) is 54.6 Å². The van der Waals surface area contributed by atoms with Gasteiger partial charge in [0.15, 0.2) is 0 Å². The van der Waals surface area contributed by atoms with E-state index >= 15 is 0 Å². The summed E-state index contributed by atoms with van der Waals surface area (Å²) in [5.74, 6) is -0.137. The molecule has 0 saturated carbocycles. The first-order chi connectivity index (χ1) is 15.6. The molecular weight excluding hydrogens is 481 g/mol. The van der Waals surface area contributed by atoms with Gasteiger partial charge in [-0.2, -0.15) is 0 Å². The number of carbonyl (C=O) groups excluding carboxylic acids is 1. The van der Waals surface area contributed by atoms with Crippen molar-refractivity contribution in [3.63, 3.8) is 0 Å². The highest BCUT2D eigenvalue weighted by atomic mass is 35.5. The first kappa shape index (κ1) is 29.8. The molecule has 1 fully saturated rings. The Kier molecular flexibility index (Phi) is 13.7. The first-order valence-electron chi connectivity index (χ1n) is 11.1. The van der Waals surface area contributed by atoms with Crippen LogP contribution in [0.5, 0.6) is 0 Å². The number of ether oxygens (including phenoxy) is 2. The van der Waals surface area contributed by atoms with Crippen LogP contribution in [0.4, 0.5) is 5.69 Å². The molecule has 2 aromatic rings. The highest BCUT2D eigenvalue weighted by Gasteiger charge is 2.20. The molecule has 1 atom stereocenters. The third kappa shape index (κ3) is 9.19. The molecule has 1 unspecified atom stereocenters. The Morgan fingerprint density at radius 2 is 1.50 bits per heavy atom. The Balaban J connectivity index is 0.00000289. The molecule has 0 amide bonds. The molecule has 10 heteroatoms. The zero-order valence-electron chi connectivity index (χ0n) is 19.3. The number of hydrogen-bond acceptors (Lipinski definition) is 7. The number of esters is 1. The van der Waals surface area contributed by atoms with Crippen LogP contribution in [0.2, 0.25) is 0 Å². The molecular formula is C24H33Cl2N3O5. The van der Waals surface area contributed by atoms with E-state index < -0.39 is 4.92 Å². The number of halogens is 2. The lowest BCUT2D eigenvalue weighted by atomic mass is 10.0. The number of piperazine rings is 1. The SMILES string of the molecule is CCOC(=O)CCN1CCN(CCOC(c2ccccc2)c2ccc([N+](=O)[O-])cc2)CC1.Cl.Cl. The molecule has 1 aliphatic heterocycles. The number of nitro groups is 1. The van der Waals surface area contributed by atoms with E-state index in [2.05, 4.69) is 9.80 Å². The zero-order chi connectivity index (χ0) is 22.8. The maximum absolute atomic E-state index is 11.5. The summed E-state index contributed by atoms with van der Waals surface area (Å²) in [7, 11) is 0. The van der Waals surface area contributed by atoms with Gasteiger partial charge in [-0.25, -0.2) is 0 Å². The Labute approximate surface area is 213 Å². The van der Waals surface area contributed by atoms with Gasteiger partial charge < -0.3 is 14.4 Å². The number of nitrogens with zero attached hydrogens (tertiary/aromatic N) is 3. The average Bonchev–Trinajstić information content (AvgIpc) is 2.82. The van der Waals surface area contributed by atoms with Crippen LogP contribution in [0, 0.1) is 10.1 Å². The molecule has 188 valence electrons. The van der Waals surface area contributed by atoms with Crippen molar-refractivity contribution >= 4 is 36.5 Å². The fourth-order valence-electron chi connectivity index (χ4n) is 3.80. The molecule has 1 aliphatic rings. The van der Waals surface area contributed by atoms with Crippen LogP contribution in [0.3, 0.4) is 0 Å². The summed E-state index contributed by atoms with van der Waals surface area (Å²) in [6.07, 6.45) is 0.160. The Hall–Kier alpha value is -2.23. The van der Waals surface area contributed by atoms with Crippen LogP contribution >= 0.6 is 24.8 Å².